The van der Waals surface area contributed by atoms with Crippen molar-refractivity contribution in [3.8, 4) is 0 Å². The molecule has 0 aromatic rings. The number of nitrogens with one attached hydrogen (secondary N) is 1. The Morgan fingerprint density at radius 3 is 1.17 bits per heavy atom. The summed E-state index contributed by atoms with van der Waals surface area (Å²) in [7, 11) is 3.49. The summed E-state index contributed by atoms with van der Waals surface area (Å²) in [6, 6.07) is 0. The average molecular weight is 852 g/mol. The third-order valence-corrected chi connectivity index (χ3v) is 0.283. The quantitative estimate of drug-likeness (QED) is 0.409. The molecule has 0 saturated carbocycles. The summed E-state index contributed by atoms with van der Waals surface area (Å²) in [5, 5.41) is 7.38. The smallest absolute Gasteiger partial charge is 0.683 e. The SMILES string of the molecule is CC[NH-].C[N-]C[N-]C.[W+2].[W].[W].[W]. The van der Waals surface area contributed by atoms with Gasteiger partial charge in [-0.1, -0.05) is 6.92 Å². The molecule has 74 valence electrons. The summed E-state index contributed by atoms with van der Waals surface area (Å²) in [5.41, 5.74) is 6.21. The van der Waals surface area contributed by atoms with Gasteiger partial charge in [0.2, 0.25) is 0 Å². The van der Waals surface area contributed by atoms with Crippen molar-refractivity contribution in [3.63, 3.8) is 0 Å². The van der Waals surface area contributed by atoms with E-state index in [0.29, 0.717) is 13.2 Å². The van der Waals surface area contributed by atoms with E-state index in [9.17, 15) is 0 Å². The molecule has 0 saturated heterocycles. The molecule has 7 heteroatoms. The maximum atomic E-state index is 6.21. The van der Waals surface area contributed by atoms with Gasteiger partial charge in [-0.2, -0.15) is 20.6 Å². The van der Waals surface area contributed by atoms with E-state index < -0.39 is 0 Å². The normalized spacial score (nSPS) is 5.00. The van der Waals surface area contributed by atoms with Crippen LogP contribution < -0.4 is 0 Å². The average Bonchev–Trinajstić information content (AvgIpc) is 1.71. The molecule has 0 unspecified atom stereocenters. The van der Waals surface area contributed by atoms with Crippen molar-refractivity contribution in [1.82, 2.24) is 0 Å². The van der Waals surface area contributed by atoms with E-state index in [1.165, 1.54) is 0 Å². The molecule has 0 aliphatic heterocycles. The van der Waals surface area contributed by atoms with Gasteiger partial charge in [0.1, 0.15) is 0 Å². The predicted octanol–water partition coefficient (Wildman–Crippen LogP) is 2.00. The second-order valence-corrected chi connectivity index (χ2v) is 1.13. The molecule has 0 bridgehead atoms. The van der Waals surface area contributed by atoms with Crippen LogP contribution in [0.3, 0.4) is 0 Å². The molecule has 0 spiro atoms. The van der Waals surface area contributed by atoms with Crippen molar-refractivity contribution in [2.75, 3.05) is 27.3 Å². The Hall–Kier alpha value is 2.63. The van der Waals surface area contributed by atoms with Crippen LogP contribution in [0.1, 0.15) is 6.92 Å². The number of hydrogen-bond acceptors (Lipinski definition) is 0. The third kappa shape index (κ3) is 79.6. The Labute approximate surface area is 133 Å². The first-order valence-electron chi connectivity index (χ1n) is 2.59. The molecule has 0 amide bonds. The second kappa shape index (κ2) is 49.5. The van der Waals surface area contributed by atoms with Crippen LogP contribution in [-0.4, -0.2) is 27.3 Å². The molecular weight excluding hydrogens is 837 g/mol. The van der Waals surface area contributed by atoms with Crippen molar-refractivity contribution in [1.29, 1.82) is 0 Å². The first-order valence-corrected chi connectivity index (χ1v) is 2.59. The Bertz CT molecular complexity index is 32.7. The molecule has 0 rings (SSSR count). The summed E-state index contributed by atoms with van der Waals surface area (Å²) < 4.78 is 0. The maximum absolute atomic E-state index is 6.21. The van der Waals surface area contributed by atoms with E-state index in [2.05, 4.69) is 10.6 Å². The molecular formula is C5H14N3W4-. The van der Waals surface area contributed by atoms with Crippen molar-refractivity contribution >= 4 is 0 Å². The van der Waals surface area contributed by atoms with E-state index in [1.54, 1.807) is 21.0 Å². The molecule has 0 aromatic carbocycles. The second-order valence-electron chi connectivity index (χ2n) is 1.13. The molecule has 0 atom stereocenters. The summed E-state index contributed by atoms with van der Waals surface area (Å²) in [6.07, 6.45) is 0. The summed E-state index contributed by atoms with van der Waals surface area (Å²) in [6.45, 7) is 2.93. The van der Waals surface area contributed by atoms with Gasteiger partial charge in [-0.3, -0.25) is 6.67 Å². The van der Waals surface area contributed by atoms with Gasteiger partial charge in [0.25, 0.3) is 0 Å². The van der Waals surface area contributed by atoms with Crippen LogP contribution in [0.4, 0.5) is 0 Å². The van der Waals surface area contributed by atoms with Gasteiger partial charge in [-0.15, -0.1) is 0 Å². The molecule has 1 N–H and O–H groups in total. The maximum Gasteiger partial charge on any atom is 2.00 e. The van der Waals surface area contributed by atoms with E-state index in [-0.39, 0.29) is 84.3 Å². The third-order valence-electron chi connectivity index (χ3n) is 0.283. The Morgan fingerprint density at radius 2 is 1.17 bits per heavy atom. The largest absolute Gasteiger partial charge is 2.00 e. The van der Waals surface area contributed by atoms with Gasteiger partial charge in [0.05, 0.1) is 0 Å². The molecule has 3 nitrogen and oxygen atoms in total. The van der Waals surface area contributed by atoms with Gasteiger partial charge in [-0.05, 0) is 0 Å². The molecule has 0 heterocycles. The number of nitrogens with zero attached hydrogens (tertiary/aromatic N) is 2. The van der Waals surface area contributed by atoms with E-state index in [4.69, 9.17) is 5.73 Å². The van der Waals surface area contributed by atoms with Crippen molar-refractivity contribution in [3.05, 3.63) is 16.4 Å². The Kier molecular flexibility index (Phi) is 150. The van der Waals surface area contributed by atoms with Crippen LogP contribution in [0.25, 0.3) is 16.4 Å². The molecule has 12 heavy (non-hydrogen) atoms. The van der Waals surface area contributed by atoms with Crippen molar-refractivity contribution < 1.29 is 84.3 Å². The molecule has 0 fully saturated rings. The van der Waals surface area contributed by atoms with Crippen LogP contribution in [0.5, 0.6) is 0 Å². The molecule has 0 aromatic heterocycles. The Balaban J connectivity index is -0.0000000119. The Morgan fingerprint density at radius 1 is 1.00 bits per heavy atom. The molecule has 0 aliphatic carbocycles. The van der Waals surface area contributed by atoms with Crippen molar-refractivity contribution in [2.24, 2.45) is 0 Å². The molecule has 0 radical (unpaired) electrons. The standard InChI is InChI=1S/C3H8N2.C2H6N.4W/c1-4-3-5-2;1-2-3;;;;/h3H2,1-2H3;3H,2H2,1H3;;;;/q-2;-1;;;;+2. The van der Waals surface area contributed by atoms with E-state index in [1.807, 2.05) is 0 Å². The molecule has 0 aliphatic rings. The minimum atomic E-state index is 0. The fourth-order valence-electron chi connectivity index (χ4n) is 0.141. The van der Waals surface area contributed by atoms with Gasteiger partial charge in [-0.25, -0.2) is 0 Å². The zero-order valence-corrected chi connectivity index (χ0v) is 19.2. The van der Waals surface area contributed by atoms with E-state index >= 15 is 0 Å². The summed E-state index contributed by atoms with van der Waals surface area (Å²) in [5.74, 6) is 0. The number of hydrogen-bond donors (Lipinski definition) is 0. The topological polar surface area (TPSA) is 52.0 Å². The van der Waals surface area contributed by atoms with Crippen LogP contribution in [-0.2, 0) is 84.3 Å². The zero-order valence-electron chi connectivity index (χ0n) is 7.44. The zero-order chi connectivity index (χ0) is 6.83. The van der Waals surface area contributed by atoms with Gasteiger partial charge in [0.15, 0.2) is 0 Å². The van der Waals surface area contributed by atoms with Gasteiger partial charge < -0.3 is 16.4 Å². The first-order chi connectivity index (χ1) is 3.83. The van der Waals surface area contributed by atoms with E-state index in [0.717, 1.165) is 0 Å². The van der Waals surface area contributed by atoms with Gasteiger partial charge in [0, 0.05) is 63.2 Å². The van der Waals surface area contributed by atoms with Crippen LogP contribution in [0, 0.1) is 0 Å². The fraction of sp³-hybridized carbons (Fsp3) is 1.00. The first kappa shape index (κ1) is 36.5. The summed E-state index contributed by atoms with van der Waals surface area (Å²) in [4.78, 5) is 0. The monoisotopic (exact) mass is 852 g/mol. The van der Waals surface area contributed by atoms with Gasteiger partial charge >= 0.3 is 21.1 Å². The minimum Gasteiger partial charge on any atom is -0.683 e. The minimum absolute atomic E-state index is 0. The van der Waals surface area contributed by atoms with Crippen molar-refractivity contribution in [2.45, 2.75) is 6.92 Å². The number of rotatable bonds is 2. The predicted molar refractivity (Wildman–Crippen MR) is 38.3 cm³/mol. The fourth-order valence-corrected chi connectivity index (χ4v) is 0.141. The van der Waals surface area contributed by atoms with Crippen LogP contribution in [0.2, 0.25) is 0 Å². The van der Waals surface area contributed by atoms with Crippen LogP contribution >= 0.6 is 0 Å². The van der Waals surface area contributed by atoms with Crippen LogP contribution in [0.15, 0.2) is 0 Å². The summed E-state index contributed by atoms with van der Waals surface area (Å²) >= 11 is 0.